The van der Waals surface area contributed by atoms with Crippen LogP contribution in [0.15, 0.2) is 24.3 Å². The van der Waals surface area contributed by atoms with Gasteiger partial charge in [0.2, 0.25) is 0 Å². The molecule has 0 spiro atoms. The standard InChI is InChI=1S/C17H20N2S/c1-2-7-14-13(6-1)12-15-17(14)18-16(20-15)8-5-11-19-9-3-4-10-19/h1-2,6-7H,3-5,8-12H2. The molecule has 1 aliphatic heterocycles. The number of likely N-dealkylation sites (tertiary alicyclic amines) is 1. The van der Waals surface area contributed by atoms with Crippen LogP contribution in [0.4, 0.5) is 0 Å². The lowest BCUT2D eigenvalue weighted by Crippen LogP contribution is -2.20. The summed E-state index contributed by atoms with van der Waals surface area (Å²) in [5, 5.41) is 1.34. The molecule has 0 amide bonds. The summed E-state index contributed by atoms with van der Waals surface area (Å²) in [6.45, 7) is 3.87. The summed E-state index contributed by atoms with van der Waals surface area (Å²) >= 11 is 1.93. The molecule has 0 unspecified atom stereocenters. The number of thiazole rings is 1. The molecule has 1 saturated heterocycles. The Bertz CT molecular complexity index is 611. The highest BCUT2D eigenvalue weighted by molar-refractivity contribution is 7.12. The van der Waals surface area contributed by atoms with Gasteiger partial charge < -0.3 is 4.90 Å². The van der Waals surface area contributed by atoms with Crippen molar-refractivity contribution in [2.24, 2.45) is 0 Å². The lowest BCUT2D eigenvalue weighted by atomic mass is 10.1. The Kier molecular flexibility index (Phi) is 3.32. The Morgan fingerprint density at radius 2 is 2.00 bits per heavy atom. The highest BCUT2D eigenvalue weighted by atomic mass is 32.1. The van der Waals surface area contributed by atoms with E-state index in [1.54, 1.807) is 0 Å². The molecule has 104 valence electrons. The Balaban J connectivity index is 1.42. The highest BCUT2D eigenvalue weighted by Crippen LogP contribution is 2.39. The summed E-state index contributed by atoms with van der Waals surface area (Å²) in [5.41, 5.74) is 4.08. The van der Waals surface area contributed by atoms with Crippen molar-refractivity contribution >= 4 is 11.3 Å². The normalized spacial score (nSPS) is 17.4. The molecule has 3 heteroatoms. The smallest absolute Gasteiger partial charge is 0.0936 e. The van der Waals surface area contributed by atoms with E-state index in [1.807, 2.05) is 11.3 Å². The van der Waals surface area contributed by atoms with Gasteiger partial charge >= 0.3 is 0 Å². The molecule has 1 aromatic carbocycles. The fourth-order valence-corrected chi connectivity index (χ4v) is 4.52. The molecule has 0 atom stereocenters. The fourth-order valence-electron chi connectivity index (χ4n) is 3.38. The number of benzene rings is 1. The van der Waals surface area contributed by atoms with Crippen molar-refractivity contribution in [2.75, 3.05) is 19.6 Å². The topological polar surface area (TPSA) is 16.1 Å². The van der Waals surface area contributed by atoms with E-state index in [-0.39, 0.29) is 0 Å². The van der Waals surface area contributed by atoms with Gasteiger partial charge in [-0.25, -0.2) is 4.98 Å². The number of aromatic nitrogens is 1. The lowest BCUT2D eigenvalue weighted by Gasteiger charge is -2.13. The van der Waals surface area contributed by atoms with Crippen molar-refractivity contribution in [3.63, 3.8) is 0 Å². The third-order valence-electron chi connectivity index (χ3n) is 4.43. The van der Waals surface area contributed by atoms with Crippen LogP contribution in [0.25, 0.3) is 11.3 Å². The van der Waals surface area contributed by atoms with Crippen molar-refractivity contribution in [1.29, 1.82) is 0 Å². The molecule has 0 saturated carbocycles. The van der Waals surface area contributed by atoms with Crippen molar-refractivity contribution < 1.29 is 0 Å². The van der Waals surface area contributed by atoms with Crippen molar-refractivity contribution in [3.8, 4) is 11.3 Å². The van der Waals surface area contributed by atoms with Gasteiger partial charge in [-0.15, -0.1) is 11.3 Å². The van der Waals surface area contributed by atoms with Gasteiger partial charge in [-0.2, -0.15) is 0 Å². The van der Waals surface area contributed by atoms with Gasteiger partial charge in [-0.1, -0.05) is 24.3 Å². The largest absolute Gasteiger partial charge is 0.303 e. The van der Waals surface area contributed by atoms with E-state index in [1.165, 1.54) is 65.6 Å². The molecule has 0 radical (unpaired) electrons. The molecule has 1 aromatic heterocycles. The molecule has 4 rings (SSSR count). The molecule has 1 fully saturated rings. The average Bonchev–Trinajstić information content (AvgIpc) is 3.14. The van der Waals surface area contributed by atoms with Gasteiger partial charge in [-0.05, 0) is 44.5 Å². The maximum absolute atomic E-state index is 4.90. The van der Waals surface area contributed by atoms with Crippen LogP contribution >= 0.6 is 11.3 Å². The second kappa shape index (κ2) is 5.30. The summed E-state index contributed by atoms with van der Waals surface area (Å²) in [7, 11) is 0. The zero-order chi connectivity index (χ0) is 13.4. The first-order valence-electron chi connectivity index (χ1n) is 7.69. The van der Waals surface area contributed by atoms with Gasteiger partial charge in [-0.3, -0.25) is 0 Å². The summed E-state index contributed by atoms with van der Waals surface area (Å²) in [4.78, 5) is 8.96. The van der Waals surface area contributed by atoms with E-state index < -0.39 is 0 Å². The van der Waals surface area contributed by atoms with E-state index in [0.29, 0.717) is 0 Å². The SMILES string of the molecule is c1ccc2c(c1)Cc1sc(CCCN3CCCC3)nc1-2. The Morgan fingerprint density at radius 3 is 2.90 bits per heavy atom. The van der Waals surface area contributed by atoms with Gasteiger partial charge in [0, 0.05) is 23.3 Å². The minimum absolute atomic E-state index is 1.09. The monoisotopic (exact) mass is 284 g/mol. The second-order valence-electron chi connectivity index (χ2n) is 5.87. The van der Waals surface area contributed by atoms with E-state index in [4.69, 9.17) is 4.98 Å². The van der Waals surface area contributed by atoms with Crippen LogP contribution in [0.2, 0.25) is 0 Å². The third-order valence-corrected chi connectivity index (χ3v) is 5.54. The molecular weight excluding hydrogens is 264 g/mol. The Hall–Kier alpha value is -1.19. The fraction of sp³-hybridized carbons (Fsp3) is 0.471. The van der Waals surface area contributed by atoms with Crippen molar-refractivity contribution in [2.45, 2.75) is 32.1 Å². The predicted octanol–water partition coefficient (Wildman–Crippen LogP) is 3.74. The maximum atomic E-state index is 4.90. The first-order chi connectivity index (χ1) is 9.90. The molecule has 2 heterocycles. The molecular formula is C17H20N2S. The van der Waals surface area contributed by atoms with E-state index in [9.17, 15) is 0 Å². The molecule has 2 nitrogen and oxygen atoms in total. The molecule has 20 heavy (non-hydrogen) atoms. The van der Waals surface area contributed by atoms with Crippen LogP contribution < -0.4 is 0 Å². The quantitative estimate of drug-likeness (QED) is 0.725. The molecule has 0 bridgehead atoms. The lowest BCUT2D eigenvalue weighted by molar-refractivity contribution is 0.334. The Labute approximate surface area is 124 Å². The number of fused-ring (bicyclic) bond motifs is 3. The van der Waals surface area contributed by atoms with Crippen LogP contribution in [0.1, 0.15) is 34.7 Å². The molecule has 2 aliphatic rings. The van der Waals surface area contributed by atoms with E-state index in [0.717, 1.165) is 12.8 Å². The molecule has 2 aromatic rings. The number of hydrogen-bond acceptors (Lipinski definition) is 3. The molecule has 0 N–H and O–H groups in total. The van der Waals surface area contributed by atoms with Crippen molar-refractivity contribution in [1.82, 2.24) is 9.88 Å². The average molecular weight is 284 g/mol. The zero-order valence-electron chi connectivity index (χ0n) is 11.8. The van der Waals surface area contributed by atoms with Crippen LogP contribution in [-0.4, -0.2) is 29.5 Å². The number of hydrogen-bond donors (Lipinski definition) is 0. The number of rotatable bonds is 4. The van der Waals surface area contributed by atoms with Gasteiger partial charge in [0.1, 0.15) is 0 Å². The van der Waals surface area contributed by atoms with Crippen molar-refractivity contribution in [3.05, 3.63) is 39.7 Å². The minimum Gasteiger partial charge on any atom is -0.303 e. The van der Waals surface area contributed by atoms with E-state index >= 15 is 0 Å². The summed E-state index contributed by atoms with van der Waals surface area (Å²) in [5.74, 6) is 0. The van der Waals surface area contributed by atoms with Crippen LogP contribution in [-0.2, 0) is 12.8 Å². The maximum Gasteiger partial charge on any atom is 0.0936 e. The minimum atomic E-state index is 1.09. The Morgan fingerprint density at radius 1 is 1.15 bits per heavy atom. The first kappa shape index (κ1) is 12.5. The summed E-state index contributed by atoms with van der Waals surface area (Å²) in [6.07, 6.45) is 6.28. The zero-order valence-corrected chi connectivity index (χ0v) is 12.6. The van der Waals surface area contributed by atoms with Crippen LogP contribution in [0.3, 0.4) is 0 Å². The highest BCUT2D eigenvalue weighted by Gasteiger charge is 2.22. The van der Waals surface area contributed by atoms with Gasteiger partial charge in [0.15, 0.2) is 0 Å². The van der Waals surface area contributed by atoms with E-state index in [2.05, 4.69) is 29.2 Å². The summed E-state index contributed by atoms with van der Waals surface area (Å²) in [6, 6.07) is 8.71. The summed E-state index contributed by atoms with van der Waals surface area (Å²) < 4.78 is 0. The first-order valence-corrected chi connectivity index (χ1v) is 8.51. The predicted molar refractivity (Wildman–Crippen MR) is 84.4 cm³/mol. The molecule has 1 aliphatic carbocycles. The van der Waals surface area contributed by atoms with Crippen LogP contribution in [0, 0.1) is 0 Å². The van der Waals surface area contributed by atoms with Gasteiger partial charge in [0.25, 0.3) is 0 Å². The third kappa shape index (κ3) is 2.29. The van der Waals surface area contributed by atoms with Gasteiger partial charge in [0.05, 0.1) is 10.7 Å². The van der Waals surface area contributed by atoms with Crippen LogP contribution in [0.5, 0.6) is 0 Å². The number of aryl methyl sites for hydroxylation is 1. The second-order valence-corrected chi connectivity index (χ2v) is 7.03. The number of nitrogens with zero attached hydrogens (tertiary/aromatic N) is 2.